The molecule has 7 heteroatoms. The number of nitrogens with two attached hydrogens (primary N) is 1. The number of carbonyl (C=O) groups excluding carboxylic acids is 1. The molecule has 1 amide bonds. The summed E-state index contributed by atoms with van der Waals surface area (Å²) in [6, 6.07) is 3.52. The highest BCUT2D eigenvalue weighted by Gasteiger charge is 2.19. The molecule has 0 aliphatic carbocycles. The molecule has 19 heavy (non-hydrogen) atoms. The first kappa shape index (κ1) is 13.0. The average Bonchev–Trinajstić information content (AvgIpc) is 2.59. The van der Waals surface area contributed by atoms with Gasteiger partial charge in [0.2, 0.25) is 0 Å². The lowest BCUT2D eigenvalue weighted by atomic mass is 10.2. The fraction of sp³-hybridized carbons (Fsp3) is 0.167. The smallest absolute Gasteiger partial charge is 0.276 e. The fourth-order valence-electron chi connectivity index (χ4n) is 1.73. The number of hydrogen-bond acceptors (Lipinski definition) is 3. The van der Waals surface area contributed by atoms with Crippen LogP contribution >= 0.6 is 0 Å². The number of nitrogens with one attached hydrogen (secondary N) is 1. The number of hydrogen-bond donors (Lipinski definition) is 2. The molecule has 1 aromatic heterocycles. The maximum Gasteiger partial charge on any atom is 0.276 e. The zero-order chi connectivity index (χ0) is 14.2. The maximum absolute atomic E-state index is 13.4. The van der Waals surface area contributed by atoms with E-state index in [4.69, 9.17) is 5.73 Å². The summed E-state index contributed by atoms with van der Waals surface area (Å²) in [5.41, 5.74) is 6.26. The zero-order valence-corrected chi connectivity index (χ0v) is 10.4. The predicted octanol–water partition coefficient (Wildman–Crippen LogP) is 1.84. The first-order chi connectivity index (χ1) is 8.91. The third kappa shape index (κ3) is 2.26. The number of anilines is 2. The summed E-state index contributed by atoms with van der Waals surface area (Å²) in [5.74, 6) is -2.80. The van der Waals surface area contributed by atoms with Crippen LogP contribution in [0.1, 0.15) is 16.2 Å². The van der Waals surface area contributed by atoms with Crippen LogP contribution in [-0.4, -0.2) is 15.7 Å². The minimum atomic E-state index is -1.12. The number of halogens is 2. The predicted molar refractivity (Wildman–Crippen MR) is 66.7 cm³/mol. The SMILES string of the molecule is Cc1nn(C)c(C(=O)Nc2cccc(F)c2F)c1N. The van der Waals surface area contributed by atoms with Crippen LogP contribution in [0.4, 0.5) is 20.2 Å². The molecular formula is C12H12F2N4O. The molecule has 1 aromatic carbocycles. The van der Waals surface area contributed by atoms with Crippen molar-refractivity contribution in [3.8, 4) is 0 Å². The minimum Gasteiger partial charge on any atom is -0.395 e. The van der Waals surface area contributed by atoms with Crippen LogP contribution in [0.15, 0.2) is 18.2 Å². The highest BCUT2D eigenvalue weighted by molar-refractivity contribution is 6.06. The van der Waals surface area contributed by atoms with Gasteiger partial charge >= 0.3 is 0 Å². The molecule has 0 aliphatic rings. The van der Waals surface area contributed by atoms with Gasteiger partial charge in [0, 0.05) is 7.05 Å². The van der Waals surface area contributed by atoms with Gasteiger partial charge in [0.05, 0.1) is 17.1 Å². The lowest BCUT2D eigenvalue weighted by Crippen LogP contribution is -2.18. The van der Waals surface area contributed by atoms with Crippen molar-refractivity contribution in [2.24, 2.45) is 7.05 Å². The van der Waals surface area contributed by atoms with Crippen molar-refractivity contribution in [3.63, 3.8) is 0 Å². The topological polar surface area (TPSA) is 72.9 Å². The van der Waals surface area contributed by atoms with Crippen molar-refractivity contribution < 1.29 is 13.6 Å². The Kier molecular flexibility index (Phi) is 3.20. The van der Waals surface area contributed by atoms with Crippen molar-refractivity contribution in [2.45, 2.75) is 6.92 Å². The first-order valence-corrected chi connectivity index (χ1v) is 5.46. The lowest BCUT2D eigenvalue weighted by molar-refractivity contribution is 0.101. The van der Waals surface area contributed by atoms with Gasteiger partial charge in [0.1, 0.15) is 5.69 Å². The molecule has 0 fully saturated rings. The number of nitrogen functional groups attached to an aromatic ring is 1. The van der Waals surface area contributed by atoms with E-state index in [2.05, 4.69) is 10.4 Å². The van der Waals surface area contributed by atoms with Crippen molar-refractivity contribution in [2.75, 3.05) is 11.1 Å². The van der Waals surface area contributed by atoms with Gasteiger partial charge in [-0.1, -0.05) is 6.07 Å². The van der Waals surface area contributed by atoms with E-state index in [0.29, 0.717) is 5.69 Å². The second-order valence-corrected chi connectivity index (χ2v) is 4.03. The van der Waals surface area contributed by atoms with E-state index in [9.17, 15) is 13.6 Å². The molecule has 0 bridgehead atoms. The van der Waals surface area contributed by atoms with Crippen molar-refractivity contribution in [1.29, 1.82) is 0 Å². The molecule has 2 aromatic rings. The third-order valence-electron chi connectivity index (χ3n) is 2.68. The standard InChI is InChI=1S/C12H12F2N4O/c1-6-10(15)11(18(2)17-6)12(19)16-8-5-3-4-7(13)9(8)14/h3-5H,15H2,1-2H3,(H,16,19). The summed E-state index contributed by atoms with van der Waals surface area (Å²) < 4.78 is 27.8. The fourth-order valence-corrected chi connectivity index (χ4v) is 1.73. The molecule has 3 N–H and O–H groups in total. The molecule has 2 rings (SSSR count). The maximum atomic E-state index is 13.4. The molecule has 5 nitrogen and oxygen atoms in total. The summed E-state index contributed by atoms with van der Waals surface area (Å²) in [7, 11) is 1.54. The second kappa shape index (κ2) is 4.68. The Morgan fingerprint density at radius 1 is 1.42 bits per heavy atom. The molecule has 0 unspecified atom stereocenters. The van der Waals surface area contributed by atoms with E-state index in [0.717, 1.165) is 6.07 Å². The van der Waals surface area contributed by atoms with E-state index >= 15 is 0 Å². The number of rotatable bonds is 2. The molecule has 0 saturated carbocycles. The Morgan fingerprint density at radius 3 is 2.68 bits per heavy atom. The van der Waals surface area contributed by atoms with Crippen molar-refractivity contribution in [1.82, 2.24) is 9.78 Å². The molecule has 100 valence electrons. The van der Waals surface area contributed by atoms with E-state index in [-0.39, 0.29) is 17.1 Å². The summed E-state index contributed by atoms with van der Waals surface area (Å²) in [6.45, 7) is 1.65. The number of aryl methyl sites for hydroxylation is 2. The van der Waals surface area contributed by atoms with Gasteiger partial charge < -0.3 is 11.1 Å². The zero-order valence-electron chi connectivity index (χ0n) is 10.4. The Labute approximate surface area is 108 Å². The van der Waals surface area contributed by atoms with Crippen LogP contribution in [0.25, 0.3) is 0 Å². The third-order valence-corrected chi connectivity index (χ3v) is 2.68. The van der Waals surface area contributed by atoms with Crippen LogP contribution in [-0.2, 0) is 7.05 Å². The van der Waals surface area contributed by atoms with Crippen LogP contribution < -0.4 is 11.1 Å². The summed E-state index contributed by atoms with van der Waals surface area (Å²) in [4.78, 5) is 12.0. The number of nitrogens with zero attached hydrogens (tertiary/aromatic N) is 2. The number of carbonyl (C=O) groups is 1. The van der Waals surface area contributed by atoms with Gasteiger partial charge in [-0.25, -0.2) is 8.78 Å². The highest BCUT2D eigenvalue weighted by atomic mass is 19.2. The van der Waals surface area contributed by atoms with Crippen LogP contribution in [0.2, 0.25) is 0 Å². The Balaban J connectivity index is 2.34. The Bertz CT molecular complexity index is 651. The average molecular weight is 266 g/mol. The highest BCUT2D eigenvalue weighted by Crippen LogP contribution is 2.20. The summed E-state index contributed by atoms with van der Waals surface area (Å²) >= 11 is 0. The molecule has 0 aliphatic heterocycles. The van der Waals surface area contributed by atoms with Gasteiger partial charge in [-0.05, 0) is 19.1 Å². The van der Waals surface area contributed by atoms with Crippen molar-refractivity contribution in [3.05, 3.63) is 41.2 Å². The minimum absolute atomic E-state index is 0.0983. The van der Waals surface area contributed by atoms with Gasteiger partial charge in [-0.2, -0.15) is 5.10 Å². The summed E-state index contributed by atoms with van der Waals surface area (Å²) in [6.07, 6.45) is 0. The largest absolute Gasteiger partial charge is 0.395 e. The monoisotopic (exact) mass is 266 g/mol. The van der Waals surface area contributed by atoms with E-state index < -0.39 is 17.5 Å². The van der Waals surface area contributed by atoms with Crippen LogP contribution in [0.5, 0.6) is 0 Å². The van der Waals surface area contributed by atoms with Gasteiger partial charge in [-0.15, -0.1) is 0 Å². The van der Waals surface area contributed by atoms with E-state index in [1.807, 2.05) is 0 Å². The Hall–Kier alpha value is -2.44. The van der Waals surface area contributed by atoms with Crippen LogP contribution in [0, 0.1) is 18.6 Å². The molecule has 0 radical (unpaired) electrons. The van der Waals surface area contributed by atoms with Gasteiger partial charge in [0.15, 0.2) is 11.6 Å². The second-order valence-electron chi connectivity index (χ2n) is 4.03. The van der Waals surface area contributed by atoms with Crippen molar-refractivity contribution >= 4 is 17.3 Å². The van der Waals surface area contributed by atoms with Crippen LogP contribution in [0.3, 0.4) is 0 Å². The Morgan fingerprint density at radius 2 is 2.11 bits per heavy atom. The normalized spacial score (nSPS) is 10.5. The quantitative estimate of drug-likeness (QED) is 0.871. The molecule has 0 spiro atoms. The molecule has 0 atom stereocenters. The lowest BCUT2D eigenvalue weighted by Gasteiger charge is -2.07. The first-order valence-electron chi connectivity index (χ1n) is 5.46. The molecular weight excluding hydrogens is 254 g/mol. The number of aromatic nitrogens is 2. The van der Waals surface area contributed by atoms with E-state index in [1.165, 1.54) is 16.8 Å². The molecule has 1 heterocycles. The van der Waals surface area contributed by atoms with Gasteiger partial charge in [-0.3, -0.25) is 9.48 Å². The molecule has 0 saturated heterocycles. The van der Waals surface area contributed by atoms with Gasteiger partial charge in [0.25, 0.3) is 5.91 Å². The number of amides is 1. The van der Waals surface area contributed by atoms with E-state index in [1.54, 1.807) is 14.0 Å². The summed E-state index contributed by atoms with van der Waals surface area (Å²) in [5, 5.41) is 6.24. The number of benzene rings is 1.